The molecule has 0 N–H and O–H groups in total. The fourth-order valence-corrected chi connectivity index (χ4v) is 9.46. The minimum atomic E-state index is -0.194. The second-order valence-electron chi connectivity index (χ2n) is 20.1. The van der Waals surface area contributed by atoms with Crippen LogP contribution in [0.5, 0.6) is 0 Å². The molecule has 0 aliphatic rings. The predicted octanol–water partition coefficient (Wildman–Crippen LogP) is 21.8. The molecule has 410 valence electrons. The van der Waals surface area contributed by atoms with Crippen LogP contribution < -0.4 is 0 Å². The van der Waals surface area contributed by atoms with Gasteiger partial charge in [0.1, 0.15) is 11.5 Å². The number of hydrogen-bond donors (Lipinski definition) is 0. The van der Waals surface area contributed by atoms with E-state index in [9.17, 15) is 4.39 Å². The molecule has 0 radical (unpaired) electrons. The van der Waals surface area contributed by atoms with E-state index in [1.807, 2.05) is 66.9 Å². The van der Waals surface area contributed by atoms with Crippen molar-refractivity contribution >= 4 is 11.3 Å². The number of aryl methyl sites for hydroxylation is 6. The molecular formula is C78H70FN3S. The van der Waals surface area contributed by atoms with Crippen molar-refractivity contribution in [2.75, 3.05) is 0 Å². The number of aromatic nitrogens is 3. The van der Waals surface area contributed by atoms with Crippen LogP contribution in [0.3, 0.4) is 0 Å². The lowest BCUT2D eigenvalue weighted by atomic mass is 10.0. The maximum absolute atomic E-state index is 12.7. The zero-order valence-electron chi connectivity index (χ0n) is 48.2. The van der Waals surface area contributed by atoms with E-state index in [4.69, 9.17) is 0 Å². The summed E-state index contributed by atoms with van der Waals surface area (Å²) in [7, 11) is 0. The van der Waals surface area contributed by atoms with Gasteiger partial charge in [-0.25, -0.2) is 9.07 Å². The number of halogens is 1. The van der Waals surface area contributed by atoms with Crippen molar-refractivity contribution in [1.29, 1.82) is 0 Å². The first-order valence-electron chi connectivity index (χ1n) is 27.9. The third-order valence-electron chi connectivity index (χ3n) is 13.5. The highest BCUT2D eigenvalue weighted by Crippen LogP contribution is 2.26. The highest BCUT2D eigenvalue weighted by Gasteiger charge is 2.05. The summed E-state index contributed by atoms with van der Waals surface area (Å²) in [4.78, 5) is 1.34. The monoisotopic (exact) mass is 1100 g/mol. The van der Waals surface area contributed by atoms with Gasteiger partial charge in [0.15, 0.2) is 0 Å². The maximum Gasteiger partial charge on any atom is 0.123 e. The first-order valence-corrected chi connectivity index (χ1v) is 28.8. The molecule has 0 saturated heterocycles. The third-order valence-corrected chi connectivity index (χ3v) is 14.4. The molecule has 83 heavy (non-hydrogen) atoms. The lowest BCUT2D eigenvalue weighted by Gasteiger charge is -2.04. The molecule has 0 atom stereocenters. The molecule has 0 saturated carbocycles. The SMILES string of the molecule is Cc1ccc(-c2ccc(F)cc2)cc1.Cc1ccc(-c2ccccc2)cc1.Cc1ccc(-c2cccs2)cc1.Cc1ccc(-c2cn(-c3ccccc3)nn2)cc1.Cc1cccc(-c2ccccc2)c1.Cc1ccccc1-c1ccccc1. The Labute approximate surface area is 495 Å². The van der Waals surface area contributed by atoms with Gasteiger partial charge < -0.3 is 0 Å². The predicted molar refractivity (Wildman–Crippen MR) is 352 cm³/mol. The minimum Gasteiger partial charge on any atom is -0.220 e. The Bertz CT molecular complexity index is 3860. The topological polar surface area (TPSA) is 30.7 Å². The summed E-state index contributed by atoms with van der Waals surface area (Å²) in [5.74, 6) is -0.194. The normalized spacial score (nSPS) is 10.1. The Kier molecular flexibility index (Phi) is 22.3. The Hall–Kier alpha value is -9.81. The average Bonchev–Trinajstić information content (AvgIpc) is 4.39. The zero-order valence-corrected chi connectivity index (χ0v) is 49.0. The first kappa shape index (κ1) is 59.3. The van der Waals surface area contributed by atoms with Gasteiger partial charge in [-0.15, -0.1) is 16.4 Å². The molecule has 0 unspecified atom stereocenters. The van der Waals surface area contributed by atoms with Crippen LogP contribution >= 0.6 is 11.3 Å². The molecular weight excluding hydrogens is 1030 g/mol. The molecule has 5 heteroatoms. The fraction of sp³-hybridized carbons (Fsp3) is 0.0769. The van der Waals surface area contributed by atoms with Crippen molar-refractivity contribution in [3.63, 3.8) is 0 Å². The smallest absolute Gasteiger partial charge is 0.123 e. The van der Waals surface area contributed by atoms with Crippen LogP contribution in [0.25, 0.3) is 71.9 Å². The second-order valence-corrected chi connectivity index (χ2v) is 21.1. The zero-order chi connectivity index (χ0) is 58.0. The number of nitrogens with zero attached hydrogens (tertiary/aromatic N) is 3. The lowest BCUT2D eigenvalue weighted by molar-refractivity contribution is 0.628. The van der Waals surface area contributed by atoms with Gasteiger partial charge in [-0.05, 0) is 133 Å². The van der Waals surface area contributed by atoms with E-state index in [1.165, 1.54) is 89.3 Å². The van der Waals surface area contributed by atoms with Crippen molar-refractivity contribution in [1.82, 2.24) is 15.0 Å². The maximum atomic E-state index is 12.7. The van der Waals surface area contributed by atoms with Gasteiger partial charge in [0.2, 0.25) is 0 Å². The number of thiophene rings is 1. The summed E-state index contributed by atoms with van der Waals surface area (Å²) < 4.78 is 14.5. The Morgan fingerprint density at radius 2 is 0.711 bits per heavy atom. The van der Waals surface area contributed by atoms with Crippen molar-refractivity contribution in [2.24, 2.45) is 0 Å². The molecule has 13 aromatic rings. The summed E-state index contributed by atoms with van der Waals surface area (Å²) in [5, 5.41) is 10.5. The summed E-state index contributed by atoms with van der Waals surface area (Å²) >= 11 is 1.78. The van der Waals surface area contributed by atoms with E-state index >= 15 is 0 Å². The number of para-hydroxylation sites is 1. The van der Waals surface area contributed by atoms with Crippen molar-refractivity contribution in [3.8, 4) is 71.9 Å². The van der Waals surface area contributed by atoms with Gasteiger partial charge in [0.05, 0.1) is 11.9 Å². The molecule has 2 aromatic heterocycles. The van der Waals surface area contributed by atoms with E-state index in [-0.39, 0.29) is 5.82 Å². The van der Waals surface area contributed by atoms with Gasteiger partial charge in [0.25, 0.3) is 0 Å². The second kappa shape index (κ2) is 31.3. The lowest BCUT2D eigenvalue weighted by Crippen LogP contribution is -1.93. The summed E-state index contributed by atoms with van der Waals surface area (Å²) in [6.07, 6.45) is 1.94. The van der Waals surface area contributed by atoms with E-state index in [0.29, 0.717) is 0 Å². The van der Waals surface area contributed by atoms with E-state index in [2.05, 4.69) is 276 Å². The third kappa shape index (κ3) is 18.9. The minimum absolute atomic E-state index is 0.194. The van der Waals surface area contributed by atoms with E-state index in [1.54, 1.807) is 28.2 Å². The van der Waals surface area contributed by atoms with Crippen molar-refractivity contribution in [2.45, 2.75) is 41.5 Å². The quantitative estimate of drug-likeness (QED) is 0.159. The van der Waals surface area contributed by atoms with Gasteiger partial charge in [-0.2, -0.15) is 0 Å². The molecule has 11 aromatic carbocycles. The highest BCUT2D eigenvalue weighted by atomic mass is 32.1. The largest absolute Gasteiger partial charge is 0.220 e. The average molecular weight is 1100 g/mol. The Morgan fingerprint density at radius 3 is 1.18 bits per heavy atom. The molecule has 13 rings (SSSR count). The molecule has 0 aliphatic heterocycles. The first-order chi connectivity index (χ1) is 40.5. The fourth-order valence-electron chi connectivity index (χ4n) is 8.72. The number of rotatable bonds is 7. The van der Waals surface area contributed by atoms with Crippen LogP contribution in [-0.4, -0.2) is 15.0 Å². The van der Waals surface area contributed by atoms with Crippen LogP contribution in [-0.2, 0) is 0 Å². The van der Waals surface area contributed by atoms with Crippen molar-refractivity contribution in [3.05, 3.63) is 354 Å². The highest BCUT2D eigenvalue weighted by molar-refractivity contribution is 7.13. The number of benzene rings is 11. The van der Waals surface area contributed by atoms with Gasteiger partial charge in [-0.3, -0.25) is 0 Å². The van der Waals surface area contributed by atoms with Crippen molar-refractivity contribution < 1.29 is 4.39 Å². The Balaban J connectivity index is 0.000000131. The molecule has 0 spiro atoms. The summed E-state index contributed by atoms with van der Waals surface area (Å²) in [6, 6.07) is 103. The van der Waals surface area contributed by atoms with Crippen LogP contribution in [0.15, 0.2) is 315 Å². The number of hydrogen-bond acceptors (Lipinski definition) is 3. The summed E-state index contributed by atoms with van der Waals surface area (Å²) in [6.45, 7) is 12.6. The van der Waals surface area contributed by atoms with Gasteiger partial charge >= 0.3 is 0 Å². The molecule has 0 fully saturated rings. The van der Waals surface area contributed by atoms with Gasteiger partial charge in [-0.1, -0.05) is 306 Å². The van der Waals surface area contributed by atoms with E-state index in [0.717, 1.165) is 28.1 Å². The standard InChI is InChI=1S/C15H13N3.C13H11F.3C13H12.C11H10S/c1-12-7-9-13(10-8-12)15-11-18(17-16-15)14-5-3-2-4-6-14;1-10-2-4-11(5-3-10)12-6-8-13(14)9-7-12;1-11-7-5-6-10-13(11)12-8-3-2-4-9-12;1-11-6-5-9-13(10-11)12-7-3-2-4-8-12;1-11-7-9-13(10-8-11)12-5-3-2-4-6-12;1-9-4-6-10(7-5-9)11-3-2-8-12-11/h2-11H,1H3;2-9H,1H3;3*2-10H,1H3;2-8H,1H3. The van der Waals surface area contributed by atoms with Crippen LogP contribution in [0, 0.1) is 47.4 Å². The molecule has 2 heterocycles. The van der Waals surface area contributed by atoms with Crippen LogP contribution in [0.2, 0.25) is 0 Å². The molecule has 0 bridgehead atoms. The van der Waals surface area contributed by atoms with Gasteiger partial charge in [0, 0.05) is 10.4 Å². The summed E-state index contributed by atoms with van der Waals surface area (Å²) in [5.41, 5.74) is 22.0. The Morgan fingerprint density at radius 1 is 0.313 bits per heavy atom. The van der Waals surface area contributed by atoms with Crippen LogP contribution in [0.4, 0.5) is 4.39 Å². The molecule has 0 aliphatic carbocycles. The van der Waals surface area contributed by atoms with Crippen LogP contribution in [0.1, 0.15) is 33.4 Å². The molecule has 0 amide bonds. The van der Waals surface area contributed by atoms with E-state index < -0.39 is 0 Å². The molecule has 3 nitrogen and oxygen atoms in total.